The second-order valence-electron chi connectivity index (χ2n) is 6.10. The first-order valence-corrected chi connectivity index (χ1v) is 8.72. The summed E-state index contributed by atoms with van der Waals surface area (Å²) < 4.78 is 0. The number of carbonyl (C=O) groups excluding carboxylic acids is 2. The molecule has 0 aliphatic rings. The summed E-state index contributed by atoms with van der Waals surface area (Å²) in [5.41, 5.74) is 2.87. The highest BCUT2D eigenvalue weighted by Crippen LogP contribution is 2.06. The molecule has 0 radical (unpaired) electrons. The zero-order chi connectivity index (χ0) is 18.7. The maximum Gasteiger partial charge on any atom is 0.268 e. The number of hydrogen-bond acceptors (Lipinski definition) is 5. The molecule has 140 valence electrons. The maximum atomic E-state index is 12.2. The molecule has 0 aliphatic heterocycles. The highest BCUT2D eigenvalue weighted by atomic mass is 16.5. The predicted molar refractivity (Wildman–Crippen MR) is 95.2 cm³/mol. The van der Waals surface area contributed by atoms with E-state index in [0.717, 1.165) is 25.1 Å². The van der Waals surface area contributed by atoms with Crippen molar-refractivity contribution < 1.29 is 19.9 Å². The summed E-state index contributed by atoms with van der Waals surface area (Å²) in [7, 11) is 0. The van der Waals surface area contributed by atoms with Crippen LogP contribution in [0.1, 0.15) is 55.5 Å². The molecule has 0 saturated heterocycles. The van der Waals surface area contributed by atoms with Gasteiger partial charge in [-0.2, -0.15) is 0 Å². The number of aliphatic hydroxyl groups excluding tert-OH is 1. The standard InChI is InChI=1S/C18H29N3O4/c1-3-4-5-6-11-19-12-14-7-9-15(10-8-14)17(23)20-16(13(2)22)18(24)21-25/h7-10,13,16,19,22,25H,3-6,11-12H2,1-2H3,(H,20,23)(H,21,24)/t13-,16+/m1/s1. The van der Waals surface area contributed by atoms with Crippen molar-refractivity contribution in [1.29, 1.82) is 0 Å². The lowest BCUT2D eigenvalue weighted by Gasteiger charge is -2.19. The van der Waals surface area contributed by atoms with E-state index in [2.05, 4.69) is 17.6 Å². The molecule has 2 atom stereocenters. The van der Waals surface area contributed by atoms with Gasteiger partial charge in [0.2, 0.25) is 0 Å². The largest absolute Gasteiger partial charge is 0.391 e. The van der Waals surface area contributed by atoms with Crippen LogP contribution in [0.5, 0.6) is 0 Å². The van der Waals surface area contributed by atoms with Crippen LogP contribution in [0.2, 0.25) is 0 Å². The van der Waals surface area contributed by atoms with Crippen LogP contribution in [0, 0.1) is 0 Å². The summed E-state index contributed by atoms with van der Waals surface area (Å²) in [5, 5.41) is 24.0. The molecule has 0 saturated carbocycles. The van der Waals surface area contributed by atoms with Crippen LogP contribution in [0.15, 0.2) is 24.3 Å². The number of rotatable bonds is 11. The molecule has 0 spiro atoms. The Labute approximate surface area is 148 Å². The molecule has 0 aliphatic carbocycles. The molecule has 7 nitrogen and oxygen atoms in total. The van der Waals surface area contributed by atoms with Gasteiger partial charge in [-0.3, -0.25) is 14.8 Å². The fourth-order valence-corrected chi connectivity index (χ4v) is 2.38. The summed E-state index contributed by atoms with van der Waals surface area (Å²) in [6.07, 6.45) is 3.73. The Hall–Kier alpha value is -1.96. The minimum Gasteiger partial charge on any atom is -0.391 e. The minimum atomic E-state index is -1.22. The van der Waals surface area contributed by atoms with Gasteiger partial charge in [-0.15, -0.1) is 0 Å². The summed E-state index contributed by atoms with van der Waals surface area (Å²) in [6.45, 7) is 5.24. The van der Waals surface area contributed by atoms with Crippen LogP contribution in [-0.4, -0.2) is 40.8 Å². The topological polar surface area (TPSA) is 111 Å². The van der Waals surface area contributed by atoms with Crippen molar-refractivity contribution in [1.82, 2.24) is 16.1 Å². The first-order valence-electron chi connectivity index (χ1n) is 8.72. The van der Waals surface area contributed by atoms with E-state index < -0.39 is 24.0 Å². The van der Waals surface area contributed by atoms with Crippen molar-refractivity contribution in [2.24, 2.45) is 0 Å². The minimum absolute atomic E-state index is 0.378. The first kappa shape index (κ1) is 21.1. The Balaban J connectivity index is 2.49. The third-order valence-corrected chi connectivity index (χ3v) is 3.91. The lowest BCUT2D eigenvalue weighted by molar-refractivity contribution is -0.133. The lowest BCUT2D eigenvalue weighted by atomic mass is 10.1. The van der Waals surface area contributed by atoms with Gasteiger partial charge >= 0.3 is 0 Å². The van der Waals surface area contributed by atoms with Crippen LogP contribution >= 0.6 is 0 Å². The van der Waals surface area contributed by atoms with E-state index >= 15 is 0 Å². The molecule has 25 heavy (non-hydrogen) atoms. The Morgan fingerprint density at radius 2 is 1.80 bits per heavy atom. The number of amides is 2. The highest BCUT2D eigenvalue weighted by molar-refractivity contribution is 5.97. The van der Waals surface area contributed by atoms with E-state index in [-0.39, 0.29) is 0 Å². The zero-order valence-corrected chi connectivity index (χ0v) is 14.9. The smallest absolute Gasteiger partial charge is 0.268 e. The third-order valence-electron chi connectivity index (χ3n) is 3.91. The second kappa shape index (κ2) is 11.6. The number of aliphatic hydroxyl groups is 1. The lowest BCUT2D eigenvalue weighted by Crippen LogP contribution is -2.51. The van der Waals surface area contributed by atoms with Crippen molar-refractivity contribution in [2.75, 3.05) is 6.54 Å². The van der Waals surface area contributed by atoms with Crippen LogP contribution in [0.3, 0.4) is 0 Å². The predicted octanol–water partition coefficient (Wildman–Crippen LogP) is 1.34. The average molecular weight is 351 g/mol. The van der Waals surface area contributed by atoms with Crippen molar-refractivity contribution >= 4 is 11.8 Å². The van der Waals surface area contributed by atoms with Crippen LogP contribution in [0.25, 0.3) is 0 Å². The fourth-order valence-electron chi connectivity index (χ4n) is 2.38. The summed E-state index contributed by atoms with van der Waals surface area (Å²) >= 11 is 0. The normalized spacial score (nSPS) is 13.1. The van der Waals surface area contributed by atoms with Gasteiger partial charge in [0.1, 0.15) is 6.04 Å². The Morgan fingerprint density at radius 1 is 1.12 bits per heavy atom. The molecule has 0 aromatic heterocycles. The molecule has 7 heteroatoms. The maximum absolute atomic E-state index is 12.2. The van der Waals surface area contributed by atoms with Crippen molar-refractivity contribution in [3.8, 4) is 0 Å². The molecular weight excluding hydrogens is 322 g/mol. The van der Waals surface area contributed by atoms with Crippen LogP contribution < -0.4 is 16.1 Å². The number of carbonyl (C=O) groups is 2. The Kier molecular flexibility index (Phi) is 9.76. The average Bonchev–Trinajstić information content (AvgIpc) is 2.62. The van der Waals surface area contributed by atoms with Gasteiger partial charge in [0, 0.05) is 12.1 Å². The summed E-state index contributed by atoms with van der Waals surface area (Å²) in [6, 6.07) is 5.80. The molecule has 1 aromatic carbocycles. The van der Waals surface area contributed by atoms with E-state index in [4.69, 9.17) is 5.21 Å². The monoisotopic (exact) mass is 351 g/mol. The van der Waals surface area contributed by atoms with Crippen LogP contribution in [-0.2, 0) is 11.3 Å². The molecule has 1 aromatic rings. The number of hydroxylamine groups is 1. The van der Waals surface area contributed by atoms with E-state index in [1.165, 1.54) is 31.7 Å². The van der Waals surface area contributed by atoms with Gasteiger partial charge in [0.15, 0.2) is 0 Å². The SMILES string of the molecule is CCCCCCNCc1ccc(C(=O)N[C@H](C(=O)NO)[C@@H](C)O)cc1. The zero-order valence-electron chi connectivity index (χ0n) is 14.9. The van der Waals surface area contributed by atoms with E-state index in [9.17, 15) is 14.7 Å². The second-order valence-corrected chi connectivity index (χ2v) is 6.10. The molecular formula is C18H29N3O4. The van der Waals surface area contributed by atoms with Gasteiger partial charge in [0.05, 0.1) is 6.10 Å². The van der Waals surface area contributed by atoms with E-state index in [1.807, 2.05) is 12.1 Å². The molecule has 5 N–H and O–H groups in total. The van der Waals surface area contributed by atoms with Crippen LogP contribution in [0.4, 0.5) is 0 Å². The van der Waals surface area contributed by atoms with Crippen molar-refractivity contribution in [2.45, 2.75) is 58.2 Å². The van der Waals surface area contributed by atoms with Gasteiger partial charge < -0.3 is 15.7 Å². The molecule has 0 unspecified atom stereocenters. The van der Waals surface area contributed by atoms with Gasteiger partial charge in [-0.05, 0) is 37.6 Å². The number of unbranched alkanes of at least 4 members (excludes halogenated alkanes) is 3. The van der Waals surface area contributed by atoms with Gasteiger partial charge in [0.25, 0.3) is 11.8 Å². The summed E-state index contributed by atoms with van der Waals surface area (Å²) in [4.78, 5) is 23.6. The van der Waals surface area contributed by atoms with Gasteiger partial charge in [-0.1, -0.05) is 38.3 Å². The number of benzene rings is 1. The molecule has 1 rings (SSSR count). The van der Waals surface area contributed by atoms with E-state index in [1.54, 1.807) is 12.1 Å². The quantitative estimate of drug-likeness (QED) is 0.235. The fraction of sp³-hybridized carbons (Fsp3) is 0.556. The Bertz CT molecular complexity index is 532. The highest BCUT2D eigenvalue weighted by Gasteiger charge is 2.25. The number of hydrogen-bond donors (Lipinski definition) is 5. The van der Waals surface area contributed by atoms with Crippen molar-refractivity contribution in [3.05, 3.63) is 35.4 Å². The number of nitrogens with one attached hydrogen (secondary N) is 3. The molecule has 0 bridgehead atoms. The first-order chi connectivity index (χ1) is 12.0. The molecule has 0 fully saturated rings. The third kappa shape index (κ3) is 7.64. The van der Waals surface area contributed by atoms with Gasteiger partial charge in [-0.25, -0.2) is 5.48 Å². The Morgan fingerprint density at radius 3 is 2.36 bits per heavy atom. The van der Waals surface area contributed by atoms with Crippen molar-refractivity contribution in [3.63, 3.8) is 0 Å². The van der Waals surface area contributed by atoms with E-state index in [0.29, 0.717) is 5.56 Å². The molecule has 0 heterocycles. The summed E-state index contributed by atoms with van der Waals surface area (Å²) in [5.74, 6) is -1.36. The molecule has 2 amide bonds.